The lowest BCUT2D eigenvalue weighted by Gasteiger charge is -2.33. The number of carbonyl (C=O) groups is 1. The number of amides is 1. The van der Waals surface area contributed by atoms with Gasteiger partial charge in [0.2, 0.25) is 0 Å². The number of rotatable bonds is 3. The Kier molecular flexibility index (Phi) is 4.27. The zero-order chi connectivity index (χ0) is 16.6. The molecule has 0 aromatic heterocycles. The normalized spacial score (nSPS) is 23.0. The molecule has 1 aliphatic heterocycles. The van der Waals surface area contributed by atoms with E-state index in [1.165, 1.54) is 0 Å². The molecule has 23 heavy (non-hydrogen) atoms. The van der Waals surface area contributed by atoms with Crippen LogP contribution in [0.2, 0.25) is 0 Å². The number of nitrogens with zero attached hydrogens (tertiary/aromatic N) is 1. The number of methoxy groups -OCH3 is 2. The fourth-order valence-electron chi connectivity index (χ4n) is 3.10. The third kappa shape index (κ3) is 2.49. The van der Waals surface area contributed by atoms with Crippen molar-refractivity contribution in [2.75, 3.05) is 19.1 Å². The number of anilines is 1. The van der Waals surface area contributed by atoms with Crippen molar-refractivity contribution in [2.45, 2.75) is 18.8 Å². The second-order valence-electron chi connectivity index (χ2n) is 5.60. The Bertz CT molecular complexity index is 734. The van der Waals surface area contributed by atoms with E-state index in [0.29, 0.717) is 5.56 Å². The Morgan fingerprint density at radius 1 is 1.17 bits per heavy atom. The summed E-state index contributed by atoms with van der Waals surface area (Å²) in [6.07, 6.45) is -0.537. The molecule has 0 radical (unpaired) electrons. The predicted molar refractivity (Wildman–Crippen MR) is 92.6 cm³/mol. The molecule has 0 fully saturated rings. The molecule has 0 saturated heterocycles. The average molecular weight is 376 g/mol. The van der Waals surface area contributed by atoms with E-state index in [1.807, 2.05) is 43.3 Å². The molecule has 0 spiro atoms. The number of ether oxygens (including phenoxy) is 2. The Morgan fingerprint density at radius 2 is 1.87 bits per heavy atom. The predicted octanol–water partition coefficient (Wildman–Crippen LogP) is 3.94. The summed E-state index contributed by atoms with van der Waals surface area (Å²) in [5, 5.41) is 0. The van der Waals surface area contributed by atoms with Gasteiger partial charge in [-0.15, -0.1) is 0 Å². The number of hydrogen-bond donors (Lipinski definition) is 0. The van der Waals surface area contributed by atoms with Gasteiger partial charge in [0.25, 0.3) is 5.91 Å². The minimum atomic E-state index is -0.738. The zero-order valence-corrected chi connectivity index (χ0v) is 14.8. The maximum atomic E-state index is 13.0. The lowest BCUT2D eigenvalue weighted by molar-refractivity contribution is -0.0995. The van der Waals surface area contributed by atoms with E-state index in [4.69, 9.17) is 9.47 Å². The number of fused-ring (bicyclic) bond motifs is 1. The van der Waals surface area contributed by atoms with Crippen LogP contribution in [0.3, 0.4) is 0 Å². The number of halogens is 1. The molecule has 1 aliphatic rings. The summed E-state index contributed by atoms with van der Waals surface area (Å²) in [5.74, 6) is -0.109. The quantitative estimate of drug-likeness (QED) is 0.815. The van der Waals surface area contributed by atoms with Crippen molar-refractivity contribution in [3.8, 4) is 0 Å². The van der Waals surface area contributed by atoms with Crippen LogP contribution in [-0.4, -0.2) is 26.4 Å². The molecule has 2 unspecified atom stereocenters. The number of benzene rings is 2. The van der Waals surface area contributed by atoms with Crippen LogP contribution in [0.1, 0.15) is 22.8 Å². The summed E-state index contributed by atoms with van der Waals surface area (Å²) in [6, 6.07) is 15.0. The van der Waals surface area contributed by atoms with E-state index in [2.05, 4.69) is 15.9 Å². The molecule has 4 nitrogen and oxygen atoms in total. The van der Waals surface area contributed by atoms with Crippen molar-refractivity contribution >= 4 is 27.5 Å². The van der Waals surface area contributed by atoms with Crippen LogP contribution >= 0.6 is 15.9 Å². The molecule has 0 saturated carbocycles. The van der Waals surface area contributed by atoms with Crippen LogP contribution in [-0.2, 0) is 15.1 Å². The topological polar surface area (TPSA) is 38.8 Å². The van der Waals surface area contributed by atoms with Crippen molar-refractivity contribution in [2.24, 2.45) is 0 Å². The summed E-state index contributed by atoms with van der Waals surface area (Å²) in [7, 11) is 3.22. The molecule has 1 heterocycles. The van der Waals surface area contributed by atoms with E-state index >= 15 is 0 Å². The summed E-state index contributed by atoms with van der Waals surface area (Å²) >= 11 is 3.49. The lowest BCUT2D eigenvalue weighted by Crippen LogP contribution is -2.48. The summed E-state index contributed by atoms with van der Waals surface area (Å²) in [5.41, 5.74) is 1.60. The van der Waals surface area contributed by atoms with Gasteiger partial charge in [0.1, 0.15) is 5.60 Å². The van der Waals surface area contributed by atoms with E-state index in [-0.39, 0.29) is 5.91 Å². The van der Waals surface area contributed by atoms with Crippen LogP contribution in [0.15, 0.2) is 53.0 Å². The van der Waals surface area contributed by atoms with Gasteiger partial charge >= 0.3 is 0 Å². The molecule has 5 heteroatoms. The first-order chi connectivity index (χ1) is 11.0. The molecular weight excluding hydrogens is 358 g/mol. The second kappa shape index (κ2) is 6.07. The van der Waals surface area contributed by atoms with Crippen molar-refractivity contribution in [3.05, 3.63) is 64.1 Å². The molecule has 2 atom stereocenters. The van der Waals surface area contributed by atoms with Gasteiger partial charge in [-0.25, -0.2) is 0 Å². The molecule has 0 aliphatic carbocycles. The van der Waals surface area contributed by atoms with Gasteiger partial charge in [0.15, 0.2) is 6.23 Å². The summed E-state index contributed by atoms with van der Waals surface area (Å²) < 4.78 is 12.4. The van der Waals surface area contributed by atoms with Crippen molar-refractivity contribution < 1.29 is 14.3 Å². The maximum Gasteiger partial charge on any atom is 0.260 e. The Morgan fingerprint density at radius 3 is 2.48 bits per heavy atom. The minimum absolute atomic E-state index is 0.109. The molecular formula is C18H18BrNO3. The highest BCUT2D eigenvalue weighted by atomic mass is 79.9. The monoisotopic (exact) mass is 375 g/mol. The third-order valence-electron chi connectivity index (χ3n) is 4.35. The average Bonchev–Trinajstić information content (AvgIpc) is 2.83. The third-order valence-corrected chi connectivity index (χ3v) is 4.84. The van der Waals surface area contributed by atoms with Gasteiger partial charge in [0.05, 0.1) is 5.69 Å². The van der Waals surface area contributed by atoms with E-state index in [1.54, 1.807) is 31.3 Å². The van der Waals surface area contributed by atoms with Crippen molar-refractivity contribution in [1.82, 2.24) is 0 Å². The largest absolute Gasteiger partial charge is 0.369 e. The van der Waals surface area contributed by atoms with Gasteiger partial charge < -0.3 is 9.47 Å². The highest BCUT2D eigenvalue weighted by Crippen LogP contribution is 2.47. The summed E-state index contributed by atoms with van der Waals surface area (Å²) in [4.78, 5) is 14.7. The van der Waals surface area contributed by atoms with E-state index in [9.17, 15) is 4.79 Å². The van der Waals surface area contributed by atoms with Gasteiger partial charge in [-0.3, -0.25) is 9.69 Å². The van der Waals surface area contributed by atoms with Gasteiger partial charge in [-0.1, -0.05) is 34.1 Å². The van der Waals surface area contributed by atoms with Crippen molar-refractivity contribution in [3.63, 3.8) is 0 Å². The Hall–Kier alpha value is -1.69. The fraction of sp³-hybridized carbons (Fsp3) is 0.278. The molecule has 2 aromatic rings. The van der Waals surface area contributed by atoms with Crippen molar-refractivity contribution in [1.29, 1.82) is 0 Å². The number of hydrogen-bond acceptors (Lipinski definition) is 3. The van der Waals surface area contributed by atoms with Gasteiger partial charge in [-0.2, -0.15) is 0 Å². The van der Waals surface area contributed by atoms with Crippen LogP contribution in [0.4, 0.5) is 5.69 Å². The highest BCUT2D eigenvalue weighted by molar-refractivity contribution is 9.10. The molecule has 120 valence electrons. The smallest absolute Gasteiger partial charge is 0.260 e. The SMILES string of the molecule is COC1N(C(=O)c2ccccc2)c2ccc(Br)cc2C1(C)OC. The molecule has 2 aromatic carbocycles. The van der Waals surface area contributed by atoms with E-state index < -0.39 is 11.8 Å². The van der Waals surface area contributed by atoms with Gasteiger partial charge in [-0.05, 0) is 37.3 Å². The molecule has 0 bridgehead atoms. The highest BCUT2D eigenvalue weighted by Gasteiger charge is 2.51. The Labute approximate surface area is 144 Å². The number of carbonyl (C=O) groups excluding carboxylic acids is 1. The Balaban J connectivity index is 2.15. The zero-order valence-electron chi connectivity index (χ0n) is 13.2. The first-order valence-electron chi connectivity index (χ1n) is 7.29. The minimum Gasteiger partial charge on any atom is -0.369 e. The first-order valence-corrected chi connectivity index (χ1v) is 8.09. The lowest BCUT2D eigenvalue weighted by atomic mass is 9.97. The maximum absolute atomic E-state index is 13.0. The van der Waals surface area contributed by atoms with Crippen LogP contribution in [0.25, 0.3) is 0 Å². The summed E-state index contributed by atoms with van der Waals surface area (Å²) in [6.45, 7) is 1.94. The van der Waals surface area contributed by atoms with Crippen LogP contribution < -0.4 is 4.90 Å². The molecule has 1 amide bonds. The molecule has 3 rings (SSSR count). The molecule has 0 N–H and O–H groups in total. The van der Waals surface area contributed by atoms with E-state index in [0.717, 1.165) is 15.7 Å². The van der Waals surface area contributed by atoms with Crippen LogP contribution in [0, 0.1) is 0 Å². The van der Waals surface area contributed by atoms with Crippen LogP contribution in [0.5, 0.6) is 0 Å². The first kappa shape index (κ1) is 16.2. The van der Waals surface area contributed by atoms with Gasteiger partial charge in [0, 0.05) is 29.8 Å². The second-order valence-corrected chi connectivity index (χ2v) is 6.52. The standard InChI is InChI=1S/C18H18BrNO3/c1-18(23-3)14-11-13(19)9-10-15(14)20(17(18)22-2)16(21)12-7-5-4-6-8-12/h4-11,17H,1-3H3. The fourth-order valence-corrected chi connectivity index (χ4v) is 3.46.